The Morgan fingerprint density at radius 2 is 1.69 bits per heavy atom. The van der Waals surface area contributed by atoms with E-state index >= 15 is 8.78 Å². The second-order valence-electron chi connectivity index (χ2n) is 11.2. The minimum Gasteiger partial charge on any atom is -0.489 e. The number of hydrogen-bond acceptors (Lipinski definition) is 3. The van der Waals surface area contributed by atoms with Crippen molar-refractivity contribution in [1.29, 1.82) is 0 Å². The molecule has 6 heteroatoms. The Morgan fingerprint density at radius 1 is 1.00 bits per heavy atom. The number of aliphatic carboxylic acids is 1. The van der Waals surface area contributed by atoms with Crippen molar-refractivity contribution in [2.24, 2.45) is 29.6 Å². The highest BCUT2D eigenvalue weighted by atomic mass is 19.1. The summed E-state index contributed by atoms with van der Waals surface area (Å²) in [5.41, 5.74) is -0.173. The number of Topliss-reactive ketones (excluding diaryl/α,β-unsaturated/α-hetero) is 1. The number of carboxylic acids is 1. The van der Waals surface area contributed by atoms with Gasteiger partial charge in [0.2, 0.25) is 0 Å². The molecule has 0 spiro atoms. The quantitative estimate of drug-likeness (QED) is 0.573. The Hall–Kier alpha value is -1.98. The normalized spacial score (nSPS) is 39.9. The topological polar surface area (TPSA) is 63.6 Å². The predicted molar refractivity (Wildman–Crippen MR) is 113 cm³/mol. The van der Waals surface area contributed by atoms with Crippen LogP contribution >= 0.6 is 0 Å². The van der Waals surface area contributed by atoms with E-state index in [1.54, 1.807) is 6.07 Å². The van der Waals surface area contributed by atoms with Crippen LogP contribution in [0.25, 0.3) is 0 Å². The first-order valence-electron chi connectivity index (χ1n) is 12.3. The predicted octanol–water partition coefficient (Wildman–Crippen LogP) is 5.68. The molecule has 0 radical (unpaired) electrons. The number of carbonyl (C=O) groups is 2. The molecule has 6 saturated carbocycles. The zero-order valence-electron chi connectivity index (χ0n) is 18.2. The van der Waals surface area contributed by atoms with Gasteiger partial charge < -0.3 is 9.84 Å². The van der Waals surface area contributed by atoms with Crippen LogP contribution in [0.15, 0.2) is 12.1 Å². The number of carbonyl (C=O) groups excluding carboxylic acids is 1. The zero-order chi connectivity index (χ0) is 22.2. The summed E-state index contributed by atoms with van der Waals surface area (Å²) in [5, 5.41) is 9.45. The van der Waals surface area contributed by atoms with E-state index in [-0.39, 0.29) is 29.4 Å². The molecule has 3 unspecified atom stereocenters. The van der Waals surface area contributed by atoms with Gasteiger partial charge in [0.15, 0.2) is 5.78 Å². The largest absolute Gasteiger partial charge is 0.489 e. The number of halogens is 2. The highest BCUT2D eigenvalue weighted by Crippen LogP contribution is 2.58. The van der Waals surface area contributed by atoms with Crippen LogP contribution in [0.3, 0.4) is 0 Å². The van der Waals surface area contributed by atoms with E-state index in [4.69, 9.17) is 4.74 Å². The van der Waals surface area contributed by atoms with Gasteiger partial charge in [-0.25, -0.2) is 8.78 Å². The molecule has 4 bridgehead atoms. The first kappa shape index (κ1) is 20.6. The van der Waals surface area contributed by atoms with Crippen LogP contribution in [0.4, 0.5) is 8.78 Å². The molecule has 0 heterocycles. The van der Waals surface area contributed by atoms with Crippen molar-refractivity contribution in [3.8, 4) is 5.75 Å². The Balaban J connectivity index is 1.29. The average molecular weight is 445 g/mol. The van der Waals surface area contributed by atoms with E-state index in [0.717, 1.165) is 31.2 Å². The summed E-state index contributed by atoms with van der Waals surface area (Å²) < 4.78 is 36.7. The molecule has 172 valence electrons. The van der Waals surface area contributed by atoms with Crippen molar-refractivity contribution < 1.29 is 28.2 Å². The Bertz CT molecular complexity index is 955. The fraction of sp³-hybridized carbons (Fsp3) is 0.692. The molecule has 1 aromatic rings. The summed E-state index contributed by atoms with van der Waals surface area (Å²) >= 11 is 0. The average Bonchev–Trinajstić information content (AvgIpc) is 3.43. The van der Waals surface area contributed by atoms with Gasteiger partial charge in [0.25, 0.3) is 0 Å². The summed E-state index contributed by atoms with van der Waals surface area (Å²) in [6, 6.07) is 2.98. The molecule has 1 N–H and O–H groups in total. The molecule has 0 aliphatic heterocycles. The SMILES string of the molecule is O=C(c1cc(C2CC2)c(O[C@H]2C3CC4CC2C[C@](F)(C4)C3)cc1F)C1CCC[C@H]1C(=O)O. The summed E-state index contributed by atoms with van der Waals surface area (Å²) in [5.74, 6) is -1.83. The van der Waals surface area contributed by atoms with E-state index in [0.29, 0.717) is 50.2 Å². The zero-order valence-corrected chi connectivity index (χ0v) is 18.2. The standard InChI is InChI=1S/C26H30F2O4/c27-21-9-22(32-24-15-6-13-7-16(24)12-26(28,10-13)11-15)19(14-4-5-14)8-20(21)23(29)17-2-1-3-18(17)25(30)31/h8-9,13-18,24H,1-7,10-12H2,(H,30,31)/t13?,15?,16?,17?,18-,24-,26-/m1/s1. The molecule has 4 nitrogen and oxygen atoms in total. The fourth-order valence-corrected chi connectivity index (χ4v) is 7.56. The molecule has 4 atom stereocenters. The number of carboxylic acid groups (broad SMARTS) is 1. The van der Waals surface area contributed by atoms with Gasteiger partial charge in [-0.1, -0.05) is 6.42 Å². The number of alkyl halides is 1. The lowest BCUT2D eigenvalue weighted by atomic mass is 9.53. The molecule has 0 aromatic heterocycles. The lowest BCUT2D eigenvalue weighted by Gasteiger charge is -2.56. The van der Waals surface area contributed by atoms with E-state index in [1.165, 1.54) is 6.07 Å². The van der Waals surface area contributed by atoms with Gasteiger partial charge in [-0.3, -0.25) is 9.59 Å². The van der Waals surface area contributed by atoms with Gasteiger partial charge in [0.1, 0.15) is 23.3 Å². The van der Waals surface area contributed by atoms with Gasteiger partial charge in [-0.15, -0.1) is 0 Å². The van der Waals surface area contributed by atoms with Crippen molar-refractivity contribution in [2.45, 2.75) is 81.9 Å². The van der Waals surface area contributed by atoms with E-state index in [2.05, 4.69) is 0 Å². The number of benzene rings is 1. The van der Waals surface area contributed by atoms with E-state index < -0.39 is 35.1 Å². The number of hydrogen-bond donors (Lipinski definition) is 1. The van der Waals surface area contributed by atoms with Crippen LogP contribution in [-0.2, 0) is 4.79 Å². The Morgan fingerprint density at radius 3 is 2.31 bits per heavy atom. The molecular formula is C26H30F2O4. The maximum Gasteiger partial charge on any atom is 0.307 e. The van der Waals surface area contributed by atoms with Gasteiger partial charge in [-0.2, -0.15) is 0 Å². The summed E-state index contributed by atoms with van der Waals surface area (Å²) in [6.07, 6.45) is 7.24. The third-order valence-corrected chi connectivity index (χ3v) is 8.93. The number of ether oxygens (including phenoxy) is 1. The molecule has 7 rings (SSSR count). The van der Waals surface area contributed by atoms with Crippen LogP contribution in [0.2, 0.25) is 0 Å². The van der Waals surface area contributed by atoms with Crippen molar-refractivity contribution in [3.63, 3.8) is 0 Å². The van der Waals surface area contributed by atoms with Crippen LogP contribution in [-0.4, -0.2) is 28.6 Å². The Labute approximate surface area is 186 Å². The number of ketones is 1. The lowest BCUT2D eigenvalue weighted by Crippen LogP contribution is -2.56. The smallest absolute Gasteiger partial charge is 0.307 e. The van der Waals surface area contributed by atoms with Crippen molar-refractivity contribution in [1.82, 2.24) is 0 Å². The minimum absolute atomic E-state index is 0.00481. The molecule has 6 aliphatic carbocycles. The maximum atomic E-state index is 15.2. The molecule has 6 fully saturated rings. The van der Waals surface area contributed by atoms with Gasteiger partial charge in [0, 0.05) is 12.0 Å². The van der Waals surface area contributed by atoms with Crippen LogP contribution in [0.5, 0.6) is 5.75 Å². The molecule has 6 aliphatic rings. The molecule has 1 aromatic carbocycles. The van der Waals surface area contributed by atoms with E-state index in [1.807, 2.05) is 0 Å². The van der Waals surface area contributed by atoms with E-state index in [9.17, 15) is 14.7 Å². The number of rotatable bonds is 6. The molecular weight excluding hydrogens is 414 g/mol. The summed E-state index contributed by atoms with van der Waals surface area (Å²) in [4.78, 5) is 24.7. The Kier molecular flexibility index (Phi) is 4.68. The minimum atomic E-state index is -1.04. The highest BCUT2D eigenvalue weighted by molar-refractivity contribution is 6.00. The van der Waals surface area contributed by atoms with Crippen molar-refractivity contribution in [2.75, 3.05) is 0 Å². The summed E-state index contributed by atoms with van der Waals surface area (Å²) in [7, 11) is 0. The fourth-order valence-electron chi connectivity index (χ4n) is 7.56. The molecule has 0 amide bonds. The second-order valence-corrected chi connectivity index (χ2v) is 11.2. The molecule has 32 heavy (non-hydrogen) atoms. The first-order valence-corrected chi connectivity index (χ1v) is 12.3. The maximum absolute atomic E-state index is 15.2. The second kappa shape index (κ2) is 7.26. The van der Waals surface area contributed by atoms with Gasteiger partial charge >= 0.3 is 5.97 Å². The van der Waals surface area contributed by atoms with Gasteiger partial charge in [-0.05, 0) is 93.1 Å². The highest BCUT2D eigenvalue weighted by Gasteiger charge is 2.57. The van der Waals surface area contributed by atoms with Gasteiger partial charge in [0.05, 0.1) is 11.5 Å². The first-order chi connectivity index (χ1) is 15.3. The lowest BCUT2D eigenvalue weighted by molar-refractivity contribution is -0.142. The van der Waals surface area contributed by atoms with Crippen LogP contribution in [0, 0.1) is 35.4 Å². The van der Waals surface area contributed by atoms with Crippen molar-refractivity contribution in [3.05, 3.63) is 29.1 Å². The molecule has 0 saturated heterocycles. The van der Waals surface area contributed by atoms with Crippen LogP contribution < -0.4 is 4.74 Å². The van der Waals surface area contributed by atoms with Crippen molar-refractivity contribution >= 4 is 11.8 Å². The van der Waals surface area contributed by atoms with Crippen LogP contribution in [0.1, 0.15) is 86.0 Å². The third-order valence-electron chi connectivity index (χ3n) is 8.93. The summed E-state index contributed by atoms with van der Waals surface area (Å²) in [6.45, 7) is 0. The third kappa shape index (κ3) is 3.36. The monoisotopic (exact) mass is 444 g/mol.